The van der Waals surface area contributed by atoms with Gasteiger partial charge in [0.25, 0.3) is 10.0 Å². The summed E-state index contributed by atoms with van der Waals surface area (Å²) in [6.07, 6.45) is 0.723. The maximum atomic E-state index is 12.7. The quantitative estimate of drug-likeness (QED) is 0.845. The van der Waals surface area contributed by atoms with E-state index in [-0.39, 0.29) is 10.8 Å². The van der Waals surface area contributed by atoms with Gasteiger partial charge in [-0.25, -0.2) is 8.42 Å². The van der Waals surface area contributed by atoms with Crippen LogP contribution in [0.2, 0.25) is 0 Å². The van der Waals surface area contributed by atoms with Crippen molar-refractivity contribution >= 4 is 43.2 Å². The van der Waals surface area contributed by atoms with Gasteiger partial charge in [-0.1, -0.05) is 22.0 Å². The van der Waals surface area contributed by atoms with E-state index < -0.39 is 10.0 Å². The van der Waals surface area contributed by atoms with E-state index in [0.29, 0.717) is 22.3 Å². The first-order valence-corrected chi connectivity index (χ1v) is 9.75. The molecule has 126 valence electrons. The maximum absolute atomic E-state index is 12.7. The van der Waals surface area contributed by atoms with Crippen molar-refractivity contribution in [3.8, 4) is 0 Å². The van der Waals surface area contributed by atoms with Gasteiger partial charge in [-0.05, 0) is 54.8 Å². The average Bonchev–Trinajstić information content (AvgIpc) is 2.92. The van der Waals surface area contributed by atoms with E-state index >= 15 is 0 Å². The molecule has 0 radical (unpaired) electrons. The minimum absolute atomic E-state index is 0.00755. The first-order valence-electron chi connectivity index (χ1n) is 7.48. The molecule has 7 heteroatoms. The Labute approximate surface area is 149 Å². The number of benzene rings is 2. The molecule has 2 aromatic carbocycles. The number of sulfonamides is 1. The van der Waals surface area contributed by atoms with Crippen LogP contribution in [0.5, 0.6) is 0 Å². The lowest BCUT2D eigenvalue weighted by atomic mass is 10.1. The van der Waals surface area contributed by atoms with Crippen LogP contribution in [-0.2, 0) is 21.2 Å². The van der Waals surface area contributed by atoms with Crippen molar-refractivity contribution in [3.05, 3.63) is 52.0 Å². The van der Waals surface area contributed by atoms with Crippen LogP contribution in [0, 0.1) is 6.92 Å². The van der Waals surface area contributed by atoms with Crippen LogP contribution in [0.15, 0.2) is 45.8 Å². The highest BCUT2D eigenvalue weighted by molar-refractivity contribution is 9.10. The van der Waals surface area contributed by atoms with Crippen molar-refractivity contribution in [2.75, 3.05) is 16.2 Å². The van der Waals surface area contributed by atoms with Crippen molar-refractivity contribution < 1.29 is 13.2 Å². The Hall–Kier alpha value is -1.86. The topological polar surface area (TPSA) is 66.5 Å². The summed E-state index contributed by atoms with van der Waals surface area (Å²) < 4.78 is 28.6. The van der Waals surface area contributed by atoms with Gasteiger partial charge in [-0.3, -0.25) is 9.52 Å². The van der Waals surface area contributed by atoms with Crippen molar-refractivity contribution in [2.24, 2.45) is 0 Å². The molecule has 0 aromatic heterocycles. The molecule has 1 aliphatic rings. The Morgan fingerprint density at radius 1 is 1.21 bits per heavy atom. The van der Waals surface area contributed by atoms with Crippen molar-refractivity contribution in [1.29, 1.82) is 0 Å². The van der Waals surface area contributed by atoms with Gasteiger partial charge in [-0.2, -0.15) is 0 Å². The summed E-state index contributed by atoms with van der Waals surface area (Å²) in [7, 11) is -3.67. The fourth-order valence-corrected chi connectivity index (χ4v) is 4.70. The van der Waals surface area contributed by atoms with E-state index in [0.717, 1.165) is 17.7 Å². The Morgan fingerprint density at radius 3 is 2.67 bits per heavy atom. The molecular formula is C17H17BrN2O3S. The van der Waals surface area contributed by atoms with Gasteiger partial charge in [0.2, 0.25) is 5.91 Å². The molecule has 2 aromatic rings. The minimum Gasteiger partial charge on any atom is -0.312 e. The van der Waals surface area contributed by atoms with E-state index in [1.165, 1.54) is 6.92 Å². The molecule has 0 spiro atoms. The van der Waals surface area contributed by atoms with Crippen LogP contribution >= 0.6 is 15.9 Å². The first kappa shape index (κ1) is 17.0. The number of amides is 1. The Morgan fingerprint density at radius 2 is 1.96 bits per heavy atom. The second kappa shape index (κ2) is 6.22. The van der Waals surface area contributed by atoms with Gasteiger partial charge in [0, 0.05) is 29.3 Å². The van der Waals surface area contributed by atoms with Crippen LogP contribution in [0.25, 0.3) is 0 Å². The van der Waals surface area contributed by atoms with Crippen molar-refractivity contribution in [1.82, 2.24) is 0 Å². The predicted molar refractivity (Wildman–Crippen MR) is 97.9 cm³/mol. The molecule has 24 heavy (non-hydrogen) atoms. The largest absolute Gasteiger partial charge is 0.312 e. The molecule has 0 unspecified atom stereocenters. The maximum Gasteiger partial charge on any atom is 0.262 e. The summed E-state index contributed by atoms with van der Waals surface area (Å²) in [5.41, 5.74) is 2.99. The summed E-state index contributed by atoms with van der Waals surface area (Å²) in [6, 6.07) is 10.4. The summed E-state index contributed by atoms with van der Waals surface area (Å²) in [5.74, 6) is -0.00755. The third-order valence-corrected chi connectivity index (χ3v) is 6.06. The highest BCUT2D eigenvalue weighted by Gasteiger charge is 2.23. The highest BCUT2D eigenvalue weighted by atomic mass is 79.9. The normalized spacial score (nSPS) is 13.7. The number of anilines is 2. The molecule has 1 heterocycles. The molecule has 0 atom stereocenters. The number of rotatable bonds is 3. The molecule has 5 nitrogen and oxygen atoms in total. The SMILES string of the molecule is CC(=O)N1CCc2cc(NS(=O)(=O)c3cc(Br)ccc3C)ccc21. The second-order valence-corrected chi connectivity index (χ2v) is 8.35. The zero-order valence-electron chi connectivity index (χ0n) is 13.3. The Bertz CT molecular complexity index is 925. The molecule has 1 aliphatic heterocycles. The summed E-state index contributed by atoms with van der Waals surface area (Å²) in [6.45, 7) is 3.92. The number of nitrogens with one attached hydrogen (secondary N) is 1. The number of fused-ring (bicyclic) bond motifs is 1. The summed E-state index contributed by atoms with van der Waals surface area (Å²) in [4.78, 5) is 13.5. The Balaban J connectivity index is 1.92. The second-order valence-electron chi connectivity index (χ2n) is 5.78. The molecule has 0 saturated carbocycles. The molecule has 3 rings (SSSR count). The average molecular weight is 409 g/mol. The molecule has 0 aliphatic carbocycles. The highest BCUT2D eigenvalue weighted by Crippen LogP contribution is 2.31. The fraction of sp³-hybridized carbons (Fsp3) is 0.235. The molecule has 0 saturated heterocycles. The number of carbonyl (C=O) groups excluding carboxylic acids is 1. The van der Waals surface area contributed by atoms with Crippen LogP contribution in [0.3, 0.4) is 0 Å². The lowest BCUT2D eigenvalue weighted by Gasteiger charge is -2.15. The Kier molecular flexibility index (Phi) is 4.40. The first-order chi connectivity index (χ1) is 11.3. The van der Waals surface area contributed by atoms with E-state index in [1.807, 2.05) is 0 Å². The monoisotopic (exact) mass is 408 g/mol. The molecular weight excluding hydrogens is 392 g/mol. The molecule has 1 N–H and O–H groups in total. The van der Waals surface area contributed by atoms with Crippen LogP contribution < -0.4 is 9.62 Å². The van der Waals surface area contributed by atoms with Crippen molar-refractivity contribution in [2.45, 2.75) is 25.2 Å². The van der Waals surface area contributed by atoms with Crippen molar-refractivity contribution in [3.63, 3.8) is 0 Å². The standard InChI is InChI=1S/C17H17BrN2O3S/c1-11-3-4-14(18)10-17(11)24(22,23)19-15-5-6-16-13(9-15)7-8-20(16)12(2)21/h3-6,9-10,19H,7-8H2,1-2H3. The third-order valence-electron chi connectivity index (χ3n) is 4.05. The number of halogens is 1. The number of hydrogen-bond acceptors (Lipinski definition) is 3. The van der Waals surface area contributed by atoms with Gasteiger partial charge in [0.15, 0.2) is 0 Å². The lowest BCUT2D eigenvalue weighted by molar-refractivity contribution is -0.116. The number of nitrogens with zero attached hydrogens (tertiary/aromatic N) is 1. The van der Waals surface area contributed by atoms with Crippen LogP contribution in [-0.4, -0.2) is 20.9 Å². The van der Waals surface area contributed by atoms with Gasteiger partial charge in [-0.15, -0.1) is 0 Å². The van der Waals surface area contributed by atoms with Gasteiger partial charge in [0.05, 0.1) is 4.90 Å². The summed E-state index contributed by atoms with van der Waals surface area (Å²) in [5, 5.41) is 0. The number of carbonyl (C=O) groups is 1. The van der Waals surface area contributed by atoms with E-state index in [4.69, 9.17) is 0 Å². The van der Waals surface area contributed by atoms with Crippen LogP contribution in [0.4, 0.5) is 11.4 Å². The molecule has 1 amide bonds. The minimum atomic E-state index is -3.67. The smallest absolute Gasteiger partial charge is 0.262 e. The molecule has 0 bridgehead atoms. The number of hydrogen-bond donors (Lipinski definition) is 1. The number of aryl methyl sites for hydroxylation is 1. The van der Waals surface area contributed by atoms with Gasteiger partial charge >= 0.3 is 0 Å². The zero-order chi connectivity index (χ0) is 17.5. The van der Waals surface area contributed by atoms with E-state index in [1.54, 1.807) is 48.2 Å². The fourth-order valence-electron chi connectivity index (χ4n) is 2.87. The lowest BCUT2D eigenvalue weighted by Crippen LogP contribution is -2.25. The molecule has 0 fully saturated rings. The van der Waals surface area contributed by atoms with Crippen LogP contribution in [0.1, 0.15) is 18.1 Å². The van der Waals surface area contributed by atoms with E-state index in [2.05, 4.69) is 20.7 Å². The summed E-state index contributed by atoms with van der Waals surface area (Å²) >= 11 is 3.31. The van der Waals surface area contributed by atoms with E-state index in [9.17, 15) is 13.2 Å². The van der Waals surface area contributed by atoms with Gasteiger partial charge in [0.1, 0.15) is 0 Å². The third kappa shape index (κ3) is 3.18. The zero-order valence-corrected chi connectivity index (χ0v) is 15.7. The van der Waals surface area contributed by atoms with Gasteiger partial charge < -0.3 is 4.90 Å². The predicted octanol–water partition coefficient (Wildman–Crippen LogP) is 3.47.